The van der Waals surface area contributed by atoms with Crippen LogP contribution < -0.4 is 19.3 Å². The molecule has 1 heterocycles. The fourth-order valence-corrected chi connectivity index (χ4v) is 4.03. The van der Waals surface area contributed by atoms with Gasteiger partial charge in [-0.3, -0.25) is 4.79 Å². The van der Waals surface area contributed by atoms with Gasteiger partial charge in [0.2, 0.25) is 0 Å². The van der Waals surface area contributed by atoms with Crippen LogP contribution in [0.1, 0.15) is 34.0 Å². The quantitative estimate of drug-likeness (QED) is 0.691. The monoisotopic (exact) mass is 384 g/mol. The van der Waals surface area contributed by atoms with Gasteiger partial charge in [-0.2, -0.15) is 0 Å². The van der Waals surface area contributed by atoms with Crippen LogP contribution in [-0.2, 0) is 13.1 Å². The minimum absolute atomic E-state index is 0.0975. The van der Waals surface area contributed by atoms with Gasteiger partial charge in [0, 0.05) is 16.7 Å². The van der Waals surface area contributed by atoms with Crippen molar-refractivity contribution in [1.82, 2.24) is 0 Å². The van der Waals surface area contributed by atoms with Crippen molar-refractivity contribution in [2.75, 3.05) is 40.4 Å². The summed E-state index contributed by atoms with van der Waals surface area (Å²) in [5, 5.41) is 0. The van der Waals surface area contributed by atoms with Gasteiger partial charge in [-0.25, -0.2) is 0 Å². The Morgan fingerprint density at radius 2 is 1.36 bits per heavy atom. The lowest BCUT2D eigenvalue weighted by Crippen LogP contribution is -3.27. The van der Waals surface area contributed by atoms with Crippen LogP contribution in [0.3, 0.4) is 0 Å². The zero-order valence-electron chi connectivity index (χ0n) is 17.4. The van der Waals surface area contributed by atoms with Gasteiger partial charge in [-0.15, -0.1) is 0 Å². The van der Waals surface area contributed by atoms with Crippen molar-refractivity contribution in [1.29, 1.82) is 0 Å². The Labute approximate surface area is 167 Å². The van der Waals surface area contributed by atoms with Crippen LogP contribution in [0, 0.1) is 6.92 Å². The number of carbonyl (C=O) groups is 1. The lowest BCUT2D eigenvalue weighted by molar-refractivity contribution is -1.02. The maximum absolute atomic E-state index is 11.7. The molecule has 1 aliphatic rings. The van der Waals surface area contributed by atoms with Crippen molar-refractivity contribution in [2.24, 2.45) is 0 Å². The number of hydrogen-bond donors (Lipinski definition) is 2. The predicted octanol–water partition coefficient (Wildman–Crippen LogP) is 0.698. The van der Waals surface area contributed by atoms with Crippen LogP contribution in [0.4, 0.5) is 0 Å². The van der Waals surface area contributed by atoms with Crippen molar-refractivity contribution in [3.8, 4) is 11.5 Å². The van der Waals surface area contributed by atoms with Gasteiger partial charge < -0.3 is 19.3 Å². The number of hydrogen-bond acceptors (Lipinski definition) is 3. The second-order valence-electron chi connectivity index (χ2n) is 7.75. The average molecular weight is 385 g/mol. The molecular formula is C23H32N2O3+2. The second kappa shape index (κ2) is 9.22. The zero-order chi connectivity index (χ0) is 20.1. The van der Waals surface area contributed by atoms with Gasteiger partial charge >= 0.3 is 0 Å². The number of benzene rings is 2. The summed E-state index contributed by atoms with van der Waals surface area (Å²) >= 11 is 0. The van der Waals surface area contributed by atoms with E-state index in [-0.39, 0.29) is 5.78 Å². The third-order valence-electron chi connectivity index (χ3n) is 5.67. The molecule has 0 saturated carbocycles. The smallest absolute Gasteiger partial charge is 0.159 e. The van der Waals surface area contributed by atoms with Crippen LogP contribution in [-0.4, -0.2) is 46.2 Å². The Bertz CT molecular complexity index is 827. The molecule has 2 aromatic carbocycles. The number of carbonyl (C=O) groups excluding carboxylic acids is 1. The van der Waals surface area contributed by atoms with E-state index < -0.39 is 0 Å². The first kappa shape index (κ1) is 20.4. The van der Waals surface area contributed by atoms with Crippen molar-refractivity contribution >= 4 is 5.78 Å². The molecular weight excluding hydrogens is 352 g/mol. The van der Waals surface area contributed by atoms with Gasteiger partial charge in [0.1, 0.15) is 50.8 Å². The molecule has 0 aliphatic carbocycles. The number of ether oxygens (including phenoxy) is 2. The van der Waals surface area contributed by atoms with Gasteiger partial charge in [0.25, 0.3) is 0 Å². The summed E-state index contributed by atoms with van der Waals surface area (Å²) < 4.78 is 11.1. The molecule has 0 amide bonds. The summed E-state index contributed by atoms with van der Waals surface area (Å²) in [6.07, 6.45) is 0. The van der Waals surface area contributed by atoms with Crippen LogP contribution in [0.5, 0.6) is 11.5 Å². The summed E-state index contributed by atoms with van der Waals surface area (Å²) in [5.41, 5.74) is 4.44. The fourth-order valence-electron chi connectivity index (χ4n) is 4.03. The van der Waals surface area contributed by atoms with E-state index in [9.17, 15) is 4.79 Å². The Morgan fingerprint density at radius 3 is 1.86 bits per heavy atom. The molecule has 0 bridgehead atoms. The number of aryl methyl sites for hydroxylation is 1. The summed E-state index contributed by atoms with van der Waals surface area (Å²) in [6, 6.07) is 12.2. The molecule has 150 valence electrons. The second-order valence-corrected chi connectivity index (χ2v) is 7.75. The van der Waals surface area contributed by atoms with Crippen LogP contribution in [0.25, 0.3) is 0 Å². The van der Waals surface area contributed by atoms with E-state index >= 15 is 0 Å². The van der Waals surface area contributed by atoms with E-state index in [2.05, 4.69) is 25.1 Å². The molecule has 0 aromatic heterocycles. The molecule has 2 N–H and O–H groups in total. The van der Waals surface area contributed by atoms with E-state index in [1.165, 1.54) is 11.1 Å². The standard InChI is InChI=1S/C23H30N2O3/c1-17-5-7-22(27-3)20(13-17)15-24-9-11-25(12-10-24)16-21-14-19(18(2)26)6-8-23(21)28-4/h5-8,13-14H,9-12,15-16H2,1-4H3/p+2. The summed E-state index contributed by atoms with van der Waals surface area (Å²) in [6.45, 7) is 10.1. The number of nitrogens with one attached hydrogen (secondary N) is 2. The molecule has 1 aliphatic heterocycles. The lowest BCUT2D eigenvalue weighted by atomic mass is 10.1. The first-order valence-electron chi connectivity index (χ1n) is 9.98. The highest BCUT2D eigenvalue weighted by molar-refractivity contribution is 5.94. The molecule has 2 aromatic rings. The lowest BCUT2D eigenvalue weighted by Gasteiger charge is -2.30. The first-order valence-corrected chi connectivity index (χ1v) is 9.98. The minimum Gasteiger partial charge on any atom is -0.496 e. The molecule has 0 unspecified atom stereocenters. The number of ketones is 1. The van der Waals surface area contributed by atoms with Gasteiger partial charge in [-0.1, -0.05) is 11.6 Å². The van der Waals surface area contributed by atoms with Crippen LogP contribution in [0.15, 0.2) is 36.4 Å². The number of quaternary nitrogens is 2. The van der Waals surface area contributed by atoms with E-state index in [4.69, 9.17) is 9.47 Å². The van der Waals surface area contributed by atoms with E-state index in [1.807, 2.05) is 18.2 Å². The van der Waals surface area contributed by atoms with Crippen LogP contribution >= 0.6 is 0 Å². The zero-order valence-corrected chi connectivity index (χ0v) is 17.4. The molecule has 1 fully saturated rings. The van der Waals surface area contributed by atoms with E-state index in [0.717, 1.165) is 61.9 Å². The normalized spacial score (nSPS) is 19.3. The predicted molar refractivity (Wildman–Crippen MR) is 110 cm³/mol. The third kappa shape index (κ3) is 4.91. The summed E-state index contributed by atoms with van der Waals surface area (Å²) in [5.74, 6) is 1.95. The van der Waals surface area contributed by atoms with Crippen molar-refractivity contribution in [3.63, 3.8) is 0 Å². The molecule has 1 saturated heterocycles. The molecule has 28 heavy (non-hydrogen) atoms. The molecule has 0 atom stereocenters. The molecule has 0 spiro atoms. The first-order chi connectivity index (χ1) is 13.5. The fraction of sp³-hybridized carbons (Fsp3) is 0.435. The maximum Gasteiger partial charge on any atom is 0.159 e. The van der Waals surface area contributed by atoms with Crippen LogP contribution in [0.2, 0.25) is 0 Å². The SMILES string of the molecule is COc1ccc(C)cc1C[NH+]1CC[NH+](Cc2cc(C(C)=O)ccc2OC)CC1. The Morgan fingerprint density at radius 1 is 0.857 bits per heavy atom. The number of rotatable bonds is 7. The Balaban J connectivity index is 1.61. The third-order valence-corrected chi connectivity index (χ3v) is 5.67. The highest BCUT2D eigenvalue weighted by atomic mass is 16.5. The van der Waals surface area contributed by atoms with Crippen molar-refractivity contribution in [2.45, 2.75) is 26.9 Å². The largest absolute Gasteiger partial charge is 0.496 e. The number of Topliss-reactive ketones (excluding diaryl/α,β-unsaturated/α-hetero) is 1. The maximum atomic E-state index is 11.7. The van der Waals surface area contributed by atoms with Crippen molar-refractivity contribution in [3.05, 3.63) is 58.7 Å². The average Bonchev–Trinajstić information content (AvgIpc) is 2.69. The summed E-state index contributed by atoms with van der Waals surface area (Å²) in [7, 11) is 3.44. The van der Waals surface area contributed by atoms with E-state index in [0.29, 0.717) is 0 Å². The number of methoxy groups -OCH3 is 2. The molecule has 0 radical (unpaired) electrons. The topological polar surface area (TPSA) is 44.4 Å². The molecule has 3 rings (SSSR count). The molecule has 5 heteroatoms. The number of piperazine rings is 1. The summed E-state index contributed by atoms with van der Waals surface area (Å²) in [4.78, 5) is 14.9. The molecule has 5 nitrogen and oxygen atoms in total. The highest BCUT2D eigenvalue weighted by Gasteiger charge is 2.25. The van der Waals surface area contributed by atoms with Crippen molar-refractivity contribution < 1.29 is 24.1 Å². The van der Waals surface area contributed by atoms with Gasteiger partial charge in [-0.05, 0) is 44.2 Å². The van der Waals surface area contributed by atoms with Gasteiger partial charge in [0.05, 0.1) is 14.2 Å². The van der Waals surface area contributed by atoms with Gasteiger partial charge in [0.15, 0.2) is 5.78 Å². The Hall–Kier alpha value is -2.37. The minimum atomic E-state index is 0.0975. The Kier molecular flexibility index (Phi) is 6.70. The van der Waals surface area contributed by atoms with E-state index in [1.54, 1.807) is 30.9 Å². The highest BCUT2D eigenvalue weighted by Crippen LogP contribution is 2.20.